The van der Waals surface area contributed by atoms with E-state index in [1.54, 1.807) is 54.1 Å². The van der Waals surface area contributed by atoms with Gasteiger partial charge in [0.25, 0.3) is 5.91 Å². The van der Waals surface area contributed by atoms with Crippen LogP contribution in [0.25, 0.3) is 28.1 Å². The van der Waals surface area contributed by atoms with Crippen LogP contribution < -0.4 is 9.47 Å². The number of nitriles is 1. The van der Waals surface area contributed by atoms with Crippen molar-refractivity contribution in [2.24, 2.45) is 0 Å². The standard InChI is InChI=1S/C30H26Cl2N4O3/c1-30(2,3)35(4)29(37)27-24-16-39-26-14-25(38-5)22(18-8-6-7-17(9-18)15-33)13-23(26)28(24)36(34-27)21-11-19(31)10-20(32)12-21/h6-14H,16H2,1-5H3. The lowest BCUT2D eigenvalue weighted by Crippen LogP contribution is -2.43. The smallest absolute Gasteiger partial charge is 0.274 e. The van der Waals surface area contributed by atoms with Crippen molar-refractivity contribution in [3.05, 3.63) is 81.5 Å². The fourth-order valence-electron chi connectivity index (χ4n) is 4.51. The molecule has 7 nitrogen and oxygen atoms in total. The fourth-order valence-corrected chi connectivity index (χ4v) is 5.03. The lowest BCUT2D eigenvalue weighted by molar-refractivity contribution is 0.0646. The van der Waals surface area contributed by atoms with Gasteiger partial charge in [-0.2, -0.15) is 10.4 Å². The number of nitrogens with zero attached hydrogens (tertiary/aromatic N) is 4. The van der Waals surface area contributed by atoms with Crippen molar-refractivity contribution in [2.45, 2.75) is 32.9 Å². The molecule has 0 radical (unpaired) electrons. The zero-order chi connectivity index (χ0) is 28.1. The Morgan fingerprint density at radius 1 is 1.10 bits per heavy atom. The molecule has 3 aromatic carbocycles. The third-order valence-electron chi connectivity index (χ3n) is 6.82. The van der Waals surface area contributed by atoms with E-state index in [1.165, 1.54) is 0 Å². The molecule has 1 amide bonds. The number of benzene rings is 3. The second-order valence-electron chi connectivity index (χ2n) is 10.3. The second-order valence-corrected chi connectivity index (χ2v) is 11.2. The van der Waals surface area contributed by atoms with E-state index in [9.17, 15) is 10.1 Å². The van der Waals surface area contributed by atoms with Crippen LogP contribution >= 0.6 is 23.2 Å². The van der Waals surface area contributed by atoms with Crippen LogP contribution in [0, 0.1) is 11.3 Å². The van der Waals surface area contributed by atoms with E-state index in [0.29, 0.717) is 44.1 Å². The van der Waals surface area contributed by atoms with E-state index < -0.39 is 5.54 Å². The van der Waals surface area contributed by atoms with Crippen molar-refractivity contribution >= 4 is 29.1 Å². The van der Waals surface area contributed by atoms with Crippen LogP contribution in [0.3, 0.4) is 0 Å². The number of ether oxygens (including phenoxy) is 2. The minimum absolute atomic E-state index is 0.141. The number of methoxy groups -OCH3 is 1. The fraction of sp³-hybridized carbons (Fsp3) is 0.233. The average molecular weight is 561 g/mol. The Morgan fingerprint density at radius 2 is 1.82 bits per heavy atom. The summed E-state index contributed by atoms with van der Waals surface area (Å²) in [6.45, 7) is 6.03. The van der Waals surface area contributed by atoms with E-state index >= 15 is 0 Å². The number of carbonyl (C=O) groups is 1. The van der Waals surface area contributed by atoms with Crippen LogP contribution in [0.5, 0.6) is 11.5 Å². The number of halogens is 2. The SMILES string of the molecule is COc1cc2c(cc1-c1cccc(C#N)c1)-c1c(c(C(=O)N(C)C(C)(C)C)nn1-c1cc(Cl)cc(Cl)c1)CO2. The topological polar surface area (TPSA) is 80.4 Å². The maximum absolute atomic E-state index is 13.7. The Bertz CT molecular complexity index is 1640. The summed E-state index contributed by atoms with van der Waals surface area (Å²) in [4.78, 5) is 15.4. The number of hydrogen-bond donors (Lipinski definition) is 0. The van der Waals surface area contributed by atoms with E-state index in [4.69, 9.17) is 37.8 Å². The maximum atomic E-state index is 13.7. The molecule has 0 unspecified atom stereocenters. The van der Waals surface area contributed by atoms with Gasteiger partial charge < -0.3 is 14.4 Å². The summed E-state index contributed by atoms with van der Waals surface area (Å²) in [5.41, 5.74) is 4.64. The van der Waals surface area contributed by atoms with Gasteiger partial charge in [-0.1, -0.05) is 35.3 Å². The van der Waals surface area contributed by atoms with Crippen LogP contribution in [0.15, 0.2) is 54.6 Å². The second kappa shape index (κ2) is 9.96. The molecule has 0 atom stereocenters. The molecular weight excluding hydrogens is 535 g/mol. The maximum Gasteiger partial charge on any atom is 0.274 e. The molecule has 0 spiro atoms. The van der Waals surface area contributed by atoms with Gasteiger partial charge in [-0.3, -0.25) is 4.79 Å². The molecule has 5 rings (SSSR count). The number of amides is 1. The van der Waals surface area contributed by atoms with Crippen LogP contribution in [0.2, 0.25) is 10.0 Å². The number of fused-ring (bicyclic) bond motifs is 3. The van der Waals surface area contributed by atoms with Gasteiger partial charge in [-0.15, -0.1) is 0 Å². The molecular formula is C30H26Cl2N4O3. The Hall–Kier alpha value is -3.99. The van der Waals surface area contributed by atoms with E-state index in [0.717, 1.165) is 16.7 Å². The Balaban J connectivity index is 1.80. The molecule has 9 heteroatoms. The van der Waals surface area contributed by atoms with Crippen molar-refractivity contribution in [2.75, 3.05) is 14.2 Å². The predicted octanol–water partition coefficient (Wildman–Crippen LogP) is 7.16. The van der Waals surface area contributed by atoms with Gasteiger partial charge in [0.15, 0.2) is 5.69 Å². The van der Waals surface area contributed by atoms with Crippen LogP contribution in [0.4, 0.5) is 0 Å². The van der Waals surface area contributed by atoms with Crippen molar-refractivity contribution in [3.8, 4) is 45.6 Å². The van der Waals surface area contributed by atoms with Gasteiger partial charge in [-0.05, 0) is 62.7 Å². The van der Waals surface area contributed by atoms with Crippen molar-refractivity contribution in [1.29, 1.82) is 5.26 Å². The molecule has 1 aromatic heterocycles. The molecule has 0 N–H and O–H groups in total. The molecule has 0 saturated heterocycles. The van der Waals surface area contributed by atoms with Gasteiger partial charge >= 0.3 is 0 Å². The van der Waals surface area contributed by atoms with Crippen molar-refractivity contribution in [1.82, 2.24) is 14.7 Å². The highest BCUT2D eigenvalue weighted by molar-refractivity contribution is 6.34. The highest BCUT2D eigenvalue weighted by atomic mass is 35.5. The number of rotatable bonds is 4. The summed E-state index contributed by atoms with van der Waals surface area (Å²) in [6, 6.07) is 18.4. The first-order chi connectivity index (χ1) is 18.5. The molecule has 1 aliphatic heterocycles. The summed E-state index contributed by atoms with van der Waals surface area (Å²) in [5.74, 6) is 0.943. The largest absolute Gasteiger partial charge is 0.496 e. The molecule has 0 saturated carbocycles. The molecule has 198 valence electrons. The molecule has 0 fully saturated rings. The van der Waals surface area contributed by atoms with Gasteiger partial charge in [0.1, 0.15) is 18.1 Å². The monoisotopic (exact) mass is 560 g/mol. The lowest BCUT2D eigenvalue weighted by Gasteiger charge is -2.31. The lowest BCUT2D eigenvalue weighted by atomic mass is 9.95. The van der Waals surface area contributed by atoms with Crippen LogP contribution in [-0.4, -0.2) is 40.3 Å². The first-order valence-corrected chi connectivity index (χ1v) is 13.0. The van der Waals surface area contributed by atoms with Gasteiger partial charge in [0, 0.05) is 45.4 Å². The summed E-state index contributed by atoms with van der Waals surface area (Å²) < 4.78 is 13.6. The minimum Gasteiger partial charge on any atom is -0.496 e. The summed E-state index contributed by atoms with van der Waals surface area (Å²) >= 11 is 12.7. The quantitative estimate of drug-likeness (QED) is 0.264. The van der Waals surface area contributed by atoms with E-state index in [1.807, 2.05) is 45.0 Å². The summed E-state index contributed by atoms with van der Waals surface area (Å²) in [7, 11) is 3.34. The van der Waals surface area contributed by atoms with E-state index in [2.05, 4.69) is 6.07 Å². The number of carbonyl (C=O) groups excluding carboxylic acids is 1. The van der Waals surface area contributed by atoms with Gasteiger partial charge in [-0.25, -0.2) is 4.68 Å². The van der Waals surface area contributed by atoms with E-state index in [-0.39, 0.29) is 18.2 Å². The Morgan fingerprint density at radius 3 is 2.46 bits per heavy atom. The van der Waals surface area contributed by atoms with Crippen LogP contribution in [-0.2, 0) is 6.61 Å². The van der Waals surface area contributed by atoms with Gasteiger partial charge in [0.05, 0.1) is 30.1 Å². The Kier molecular flexibility index (Phi) is 6.79. The predicted molar refractivity (Wildman–Crippen MR) is 152 cm³/mol. The number of aromatic nitrogens is 2. The zero-order valence-electron chi connectivity index (χ0n) is 22.2. The molecule has 2 heterocycles. The van der Waals surface area contributed by atoms with Crippen molar-refractivity contribution < 1.29 is 14.3 Å². The molecule has 0 bridgehead atoms. The molecule has 39 heavy (non-hydrogen) atoms. The van der Waals surface area contributed by atoms with Gasteiger partial charge in [0.2, 0.25) is 0 Å². The number of hydrogen-bond acceptors (Lipinski definition) is 5. The molecule has 1 aliphatic rings. The highest BCUT2D eigenvalue weighted by Crippen LogP contribution is 2.46. The minimum atomic E-state index is -0.424. The summed E-state index contributed by atoms with van der Waals surface area (Å²) in [6.07, 6.45) is 0. The first kappa shape index (κ1) is 26.6. The average Bonchev–Trinajstić information content (AvgIpc) is 3.30. The third-order valence-corrected chi connectivity index (χ3v) is 7.26. The highest BCUT2D eigenvalue weighted by Gasteiger charge is 2.34. The first-order valence-electron chi connectivity index (χ1n) is 12.2. The molecule has 0 aliphatic carbocycles. The third kappa shape index (κ3) is 4.82. The van der Waals surface area contributed by atoms with Crippen molar-refractivity contribution in [3.63, 3.8) is 0 Å². The summed E-state index contributed by atoms with van der Waals surface area (Å²) in [5, 5.41) is 15.1. The zero-order valence-corrected chi connectivity index (χ0v) is 23.7. The van der Waals surface area contributed by atoms with Crippen LogP contribution in [0.1, 0.15) is 42.4 Å². The Labute approximate surface area is 237 Å². The molecule has 4 aromatic rings. The normalized spacial score (nSPS) is 12.2.